The van der Waals surface area contributed by atoms with Crippen molar-refractivity contribution < 1.29 is 14.6 Å². The van der Waals surface area contributed by atoms with E-state index in [2.05, 4.69) is 4.98 Å². The van der Waals surface area contributed by atoms with E-state index in [1.54, 1.807) is 20.0 Å². The Labute approximate surface area is 101 Å². The van der Waals surface area contributed by atoms with Crippen molar-refractivity contribution >= 4 is 5.97 Å². The number of aromatic nitrogens is 1. The average molecular weight is 235 g/mol. The minimum atomic E-state index is -0.891. The summed E-state index contributed by atoms with van der Waals surface area (Å²) < 4.78 is 5.57. The van der Waals surface area contributed by atoms with Gasteiger partial charge in [-0.1, -0.05) is 6.07 Å². The Balaban J connectivity index is 2.06. The first-order chi connectivity index (χ1) is 8.00. The third-order valence-corrected chi connectivity index (χ3v) is 2.97. The van der Waals surface area contributed by atoms with Crippen LogP contribution in [0.2, 0.25) is 0 Å². The molecule has 1 aromatic rings. The van der Waals surface area contributed by atoms with Crippen molar-refractivity contribution in [3.05, 3.63) is 23.9 Å². The lowest BCUT2D eigenvalue weighted by atomic mass is 9.95. The second kappa shape index (κ2) is 4.35. The maximum absolute atomic E-state index is 11.0. The number of ether oxygens (including phenoxy) is 1. The van der Waals surface area contributed by atoms with Gasteiger partial charge in [-0.2, -0.15) is 0 Å². The Bertz CT molecular complexity index is 424. The van der Waals surface area contributed by atoms with Crippen LogP contribution in [0.15, 0.2) is 18.3 Å². The van der Waals surface area contributed by atoms with E-state index in [0.717, 1.165) is 5.56 Å². The van der Waals surface area contributed by atoms with Gasteiger partial charge in [0, 0.05) is 11.8 Å². The smallest absolute Gasteiger partial charge is 0.312 e. The number of aliphatic carboxylic acids is 1. The first-order valence-corrected chi connectivity index (χ1v) is 5.82. The number of nitrogens with zero attached hydrogens (tertiary/aromatic N) is 1. The van der Waals surface area contributed by atoms with Crippen LogP contribution < -0.4 is 4.74 Å². The molecule has 1 heterocycles. The molecule has 1 aromatic heterocycles. The summed E-state index contributed by atoms with van der Waals surface area (Å²) in [6.07, 6.45) is 4.02. The zero-order chi connectivity index (χ0) is 12.5. The van der Waals surface area contributed by atoms with Crippen LogP contribution in [0.1, 0.15) is 38.2 Å². The minimum absolute atomic E-state index is 0.138. The number of carboxylic acid groups (broad SMARTS) is 1. The molecule has 1 saturated carbocycles. The van der Waals surface area contributed by atoms with E-state index in [-0.39, 0.29) is 6.61 Å². The van der Waals surface area contributed by atoms with E-state index in [1.807, 2.05) is 12.1 Å². The standard InChI is InChI=1S/C13H17NO3/c1-13(2,12(15)16)8-17-11-10(9-5-6-9)4-3-7-14-11/h3-4,7,9H,5-6,8H2,1-2H3,(H,15,16). The van der Waals surface area contributed by atoms with Crippen LogP contribution in [0.25, 0.3) is 0 Å². The SMILES string of the molecule is CC(C)(COc1ncccc1C1CC1)C(=O)O. The van der Waals surface area contributed by atoms with Gasteiger partial charge in [-0.3, -0.25) is 4.79 Å². The summed E-state index contributed by atoms with van der Waals surface area (Å²) in [4.78, 5) is 15.2. The molecule has 1 fully saturated rings. The van der Waals surface area contributed by atoms with Gasteiger partial charge in [0.25, 0.3) is 0 Å². The third-order valence-electron chi connectivity index (χ3n) is 2.97. The molecule has 2 rings (SSSR count). The van der Waals surface area contributed by atoms with Crippen molar-refractivity contribution in [2.45, 2.75) is 32.6 Å². The summed E-state index contributed by atoms with van der Waals surface area (Å²) >= 11 is 0. The maximum atomic E-state index is 11.0. The number of pyridine rings is 1. The summed E-state index contributed by atoms with van der Waals surface area (Å²) in [7, 11) is 0. The molecule has 0 unspecified atom stereocenters. The highest BCUT2D eigenvalue weighted by molar-refractivity contribution is 5.73. The van der Waals surface area contributed by atoms with E-state index in [4.69, 9.17) is 9.84 Å². The van der Waals surface area contributed by atoms with Crippen molar-refractivity contribution in [1.29, 1.82) is 0 Å². The zero-order valence-electron chi connectivity index (χ0n) is 10.1. The summed E-state index contributed by atoms with van der Waals surface area (Å²) in [6, 6.07) is 3.90. The molecule has 1 aliphatic rings. The van der Waals surface area contributed by atoms with E-state index in [9.17, 15) is 4.79 Å². The first-order valence-electron chi connectivity index (χ1n) is 5.82. The Morgan fingerprint density at radius 2 is 2.29 bits per heavy atom. The molecule has 92 valence electrons. The van der Waals surface area contributed by atoms with E-state index < -0.39 is 11.4 Å². The van der Waals surface area contributed by atoms with Gasteiger partial charge in [-0.25, -0.2) is 4.98 Å². The predicted molar refractivity (Wildman–Crippen MR) is 63.1 cm³/mol. The lowest BCUT2D eigenvalue weighted by Gasteiger charge is -2.20. The second-order valence-corrected chi connectivity index (χ2v) is 5.15. The van der Waals surface area contributed by atoms with Gasteiger partial charge in [-0.05, 0) is 38.7 Å². The van der Waals surface area contributed by atoms with Crippen molar-refractivity contribution in [1.82, 2.24) is 4.98 Å². The molecule has 0 aromatic carbocycles. The first kappa shape index (κ1) is 11.9. The van der Waals surface area contributed by atoms with Crippen LogP contribution in [0.5, 0.6) is 5.88 Å². The van der Waals surface area contributed by atoms with E-state index >= 15 is 0 Å². The van der Waals surface area contributed by atoms with Crippen molar-refractivity contribution in [3.63, 3.8) is 0 Å². The fourth-order valence-electron chi connectivity index (χ4n) is 1.54. The second-order valence-electron chi connectivity index (χ2n) is 5.15. The maximum Gasteiger partial charge on any atom is 0.312 e. The Hall–Kier alpha value is -1.58. The van der Waals surface area contributed by atoms with Crippen LogP contribution in [-0.2, 0) is 4.79 Å². The molecule has 0 bridgehead atoms. The quantitative estimate of drug-likeness (QED) is 0.851. The average Bonchev–Trinajstić information content (AvgIpc) is 3.10. The number of hydrogen-bond donors (Lipinski definition) is 1. The molecule has 1 aliphatic carbocycles. The molecule has 0 radical (unpaired) electrons. The summed E-state index contributed by atoms with van der Waals surface area (Å²) in [5, 5.41) is 9.01. The molecule has 0 amide bonds. The molecule has 0 saturated heterocycles. The lowest BCUT2D eigenvalue weighted by Crippen LogP contribution is -2.31. The summed E-state index contributed by atoms with van der Waals surface area (Å²) in [6.45, 7) is 3.43. The minimum Gasteiger partial charge on any atom is -0.481 e. The number of carbonyl (C=O) groups is 1. The number of carboxylic acids is 1. The van der Waals surface area contributed by atoms with Gasteiger partial charge in [0.1, 0.15) is 6.61 Å². The van der Waals surface area contributed by atoms with E-state index in [0.29, 0.717) is 11.8 Å². The van der Waals surface area contributed by atoms with Gasteiger partial charge in [-0.15, -0.1) is 0 Å². The summed E-state index contributed by atoms with van der Waals surface area (Å²) in [5.41, 5.74) is 0.215. The predicted octanol–water partition coefficient (Wildman–Crippen LogP) is 2.45. The molecule has 4 nitrogen and oxygen atoms in total. The van der Waals surface area contributed by atoms with Gasteiger partial charge in [0.15, 0.2) is 0 Å². The Morgan fingerprint density at radius 1 is 1.59 bits per heavy atom. The topological polar surface area (TPSA) is 59.4 Å². The molecule has 17 heavy (non-hydrogen) atoms. The highest BCUT2D eigenvalue weighted by atomic mass is 16.5. The molecular formula is C13H17NO3. The third kappa shape index (κ3) is 2.75. The van der Waals surface area contributed by atoms with Gasteiger partial charge in [0.2, 0.25) is 5.88 Å². The fourth-order valence-corrected chi connectivity index (χ4v) is 1.54. The molecule has 0 aliphatic heterocycles. The molecular weight excluding hydrogens is 218 g/mol. The Morgan fingerprint density at radius 3 is 2.88 bits per heavy atom. The number of hydrogen-bond acceptors (Lipinski definition) is 3. The van der Waals surface area contributed by atoms with Crippen molar-refractivity contribution in [2.75, 3.05) is 6.61 Å². The van der Waals surface area contributed by atoms with Crippen LogP contribution in [0, 0.1) is 5.41 Å². The molecule has 1 N–H and O–H groups in total. The normalized spacial score (nSPS) is 15.6. The van der Waals surface area contributed by atoms with Crippen LogP contribution in [0.4, 0.5) is 0 Å². The van der Waals surface area contributed by atoms with Crippen molar-refractivity contribution in [3.8, 4) is 5.88 Å². The monoisotopic (exact) mass is 235 g/mol. The Kier molecular flexibility index (Phi) is 3.05. The fraction of sp³-hybridized carbons (Fsp3) is 0.538. The van der Waals surface area contributed by atoms with Gasteiger partial charge < -0.3 is 9.84 Å². The van der Waals surface area contributed by atoms with Crippen LogP contribution in [0.3, 0.4) is 0 Å². The van der Waals surface area contributed by atoms with Crippen molar-refractivity contribution in [2.24, 2.45) is 5.41 Å². The highest BCUT2D eigenvalue weighted by Crippen LogP contribution is 2.43. The highest BCUT2D eigenvalue weighted by Gasteiger charge is 2.31. The lowest BCUT2D eigenvalue weighted by molar-refractivity contribution is -0.148. The van der Waals surface area contributed by atoms with Crippen LogP contribution >= 0.6 is 0 Å². The molecule has 0 spiro atoms. The summed E-state index contributed by atoms with van der Waals surface area (Å²) in [5.74, 6) is 0.275. The van der Waals surface area contributed by atoms with E-state index in [1.165, 1.54) is 12.8 Å². The van der Waals surface area contributed by atoms with Gasteiger partial charge in [0.05, 0.1) is 5.41 Å². The largest absolute Gasteiger partial charge is 0.481 e. The van der Waals surface area contributed by atoms with Gasteiger partial charge >= 0.3 is 5.97 Å². The molecule has 4 heteroatoms. The molecule has 0 atom stereocenters. The number of rotatable bonds is 5. The zero-order valence-corrected chi connectivity index (χ0v) is 10.1. The van der Waals surface area contributed by atoms with Crippen LogP contribution in [-0.4, -0.2) is 22.7 Å².